The summed E-state index contributed by atoms with van der Waals surface area (Å²) in [6.45, 7) is 0. The summed E-state index contributed by atoms with van der Waals surface area (Å²) in [7, 11) is 0. The summed E-state index contributed by atoms with van der Waals surface area (Å²) in [6, 6.07) is 9.34. The van der Waals surface area contributed by atoms with E-state index in [2.05, 4.69) is 31.1 Å². The molecule has 0 saturated carbocycles. The number of pyridine rings is 1. The van der Waals surface area contributed by atoms with Gasteiger partial charge in [-0.05, 0) is 36.4 Å². The molecule has 1 aromatic carbocycles. The monoisotopic (exact) mass is 365 g/mol. The zero-order chi connectivity index (χ0) is 19.2. The number of nitrogens with two attached hydrogens (primary N) is 1. The van der Waals surface area contributed by atoms with Crippen LogP contribution in [0.3, 0.4) is 0 Å². The molecule has 3 aromatic rings. The lowest BCUT2D eigenvalue weighted by Gasteiger charge is -2.13. The molecule has 0 unspecified atom stereocenters. The number of carboxylic acid groups (broad SMARTS) is 1. The lowest BCUT2D eigenvalue weighted by atomic mass is 10.2. The average Bonchev–Trinajstić information content (AvgIpc) is 2.69. The normalized spacial score (nSPS) is 10.1. The van der Waals surface area contributed by atoms with Gasteiger partial charge in [-0.1, -0.05) is 0 Å². The predicted octanol–water partition coefficient (Wildman–Crippen LogP) is 1.65. The molecule has 10 nitrogen and oxygen atoms in total. The van der Waals surface area contributed by atoms with E-state index in [0.29, 0.717) is 17.1 Å². The lowest BCUT2D eigenvalue weighted by molar-refractivity contribution is 0.0696. The minimum Gasteiger partial charge on any atom is -0.478 e. The van der Waals surface area contributed by atoms with Gasteiger partial charge in [0.05, 0.1) is 11.1 Å². The van der Waals surface area contributed by atoms with Crippen LogP contribution in [0.4, 0.5) is 23.0 Å². The van der Waals surface area contributed by atoms with Crippen molar-refractivity contribution in [1.82, 2.24) is 20.4 Å². The topological polar surface area (TPSA) is 155 Å². The number of carbonyl (C=O) groups excluding carboxylic acids is 1. The van der Waals surface area contributed by atoms with Gasteiger partial charge in [0.2, 0.25) is 0 Å². The summed E-state index contributed by atoms with van der Waals surface area (Å²) in [4.78, 5) is 34.8. The number of rotatable bonds is 6. The number of nitrogens with one attached hydrogen (secondary N) is 3. The minimum absolute atomic E-state index is 0.164. The number of carboxylic acids is 1. The number of nitrogen functional groups attached to an aromatic ring is 1. The Kier molecular flexibility index (Phi) is 5.07. The van der Waals surface area contributed by atoms with Crippen molar-refractivity contribution in [1.29, 1.82) is 0 Å². The van der Waals surface area contributed by atoms with Gasteiger partial charge >= 0.3 is 5.97 Å². The molecule has 136 valence electrons. The average molecular weight is 365 g/mol. The van der Waals surface area contributed by atoms with Gasteiger partial charge in [0.15, 0.2) is 11.6 Å². The summed E-state index contributed by atoms with van der Waals surface area (Å²) in [5.41, 5.74) is 12.4. The Morgan fingerprint density at radius 1 is 1.00 bits per heavy atom. The van der Waals surface area contributed by atoms with Crippen LogP contribution in [0.15, 0.2) is 55.1 Å². The molecule has 0 aliphatic rings. The zero-order valence-electron chi connectivity index (χ0n) is 13.9. The maximum absolute atomic E-state index is 12.0. The first-order valence-electron chi connectivity index (χ1n) is 7.72. The van der Waals surface area contributed by atoms with Crippen LogP contribution in [0.25, 0.3) is 0 Å². The smallest absolute Gasteiger partial charge is 0.335 e. The fourth-order valence-corrected chi connectivity index (χ4v) is 2.11. The molecular formula is C17H15N7O3. The van der Waals surface area contributed by atoms with Crippen molar-refractivity contribution in [3.05, 3.63) is 66.2 Å². The molecule has 10 heteroatoms. The molecule has 3 rings (SSSR count). The van der Waals surface area contributed by atoms with Crippen molar-refractivity contribution in [3.8, 4) is 0 Å². The van der Waals surface area contributed by atoms with E-state index in [1.165, 1.54) is 24.7 Å². The maximum Gasteiger partial charge on any atom is 0.335 e. The van der Waals surface area contributed by atoms with Crippen LogP contribution < -0.4 is 21.9 Å². The molecule has 2 aromatic heterocycles. The van der Waals surface area contributed by atoms with Gasteiger partial charge in [-0.15, -0.1) is 0 Å². The van der Waals surface area contributed by atoms with Crippen molar-refractivity contribution in [2.24, 2.45) is 0 Å². The number of nitrogens with zero attached hydrogens (tertiary/aromatic N) is 3. The number of benzene rings is 1. The van der Waals surface area contributed by atoms with E-state index >= 15 is 0 Å². The highest BCUT2D eigenvalue weighted by Gasteiger charge is 2.11. The lowest BCUT2D eigenvalue weighted by Crippen LogP contribution is -2.30. The predicted molar refractivity (Wildman–Crippen MR) is 98.5 cm³/mol. The summed E-state index contributed by atoms with van der Waals surface area (Å²) in [5.74, 6) is -0.920. The second-order valence-electron chi connectivity index (χ2n) is 5.31. The molecule has 0 saturated heterocycles. The summed E-state index contributed by atoms with van der Waals surface area (Å²) in [6.07, 6.45) is 4.25. The number of hydrazine groups is 1. The Balaban J connectivity index is 1.70. The quantitative estimate of drug-likeness (QED) is 0.410. The first-order valence-corrected chi connectivity index (χ1v) is 7.72. The molecule has 0 fully saturated rings. The maximum atomic E-state index is 12.0. The van der Waals surface area contributed by atoms with Crippen LogP contribution >= 0.6 is 0 Å². The van der Waals surface area contributed by atoms with Crippen molar-refractivity contribution in [2.45, 2.75) is 0 Å². The Morgan fingerprint density at radius 2 is 1.74 bits per heavy atom. The number of aromatic carboxylic acids is 1. The number of carbonyl (C=O) groups is 2. The Labute approximate surface area is 153 Å². The van der Waals surface area contributed by atoms with Crippen LogP contribution in [-0.2, 0) is 0 Å². The van der Waals surface area contributed by atoms with Gasteiger partial charge in [0.25, 0.3) is 5.91 Å². The van der Waals surface area contributed by atoms with Gasteiger partial charge in [-0.25, -0.2) is 14.8 Å². The van der Waals surface area contributed by atoms with E-state index in [0.717, 1.165) is 0 Å². The van der Waals surface area contributed by atoms with Crippen molar-refractivity contribution >= 4 is 34.9 Å². The van der Waals surface area contributed by atoms with Crippen LogP contribution in [0.2, 0.25) is 0 Å². The number of aromatic nitrogens is 3. The molecule has 0 aliphatic heterocycles. The van der Waals surface area contributed by atoms with E-state index in [9.17, 15) is 9.59 Å². The highest BCUT2D eigenvalue weighted by atomic mass is 16.4. The van der Waals surface area contributed by atoms with Crippen molar-refractivity contribution in [2.75, 3.05) is 16.5 Å². The summed E-state index contributed by atoms with van der Waals surface area (Å²) < 4.78 is 0. The third-order valence-corrected chi connectivity index (χ3v) is 3.50. The van der Waals surface area contributed by atoms with E-state index in [-0.39, 0.29) is 17.1 Å². The highest BCUT2D eigenvalue weighted by Crippen LogP contribution is 2.25. The van der Waals surface area contributed by atoms with Crippen LogP contribution in [0.1, 0.15) is 20.7 Å². The van der Waals surface area contributed by atoms with Crippen molar-refractivity contribution < 1.29 is 14.7 Å². The van der Waals surface area contributed by atoms with Gasteiger partial charge in [-0.3, -0.25) is 20.6 Å². The molecule has 0 bridgehead atoms. The van der Waals surface area contributed by atoms with Gasteiger partial charge in [0, 0.05) is 18.1 Å². The SMILES string of the molecule is Nc1c(NNC(=O)c2cccnc2)ncnc1Nc1ccc(C(=O)O)cc1. The molecule has 0 spiro atoms. The van der Waals surface area contributed by atoms with Crippen LogP contribution in [0, 0.1) is 0 Å². The molecule has 0 aliphatic carbocycles. The molecule has 2 heterocycles. The summed E-state index contributed by atoms with van der Waals surface area (Å²) in [5, 5.41) is 11.9. The second-order valence-corrected chi connectivity index (χ2v) is 5.31. The fourth-order valence-electron chi connectivity index (χ4n) is 2.11. The number of amides is 1. The standard InChI is InChI=1S/C17H15N7O3/c18-13-14(22-12-5-3-10(4-6-12)17(26)27)20-9-21-15(13)23-24-16(25)11-2-1-7-19-8-11/h1-9H,18H2,(H,24,25)(H,26,27)(H2,20,21,22,23). The third kappa shape index (κ3) is 4.25. The Hall–Kier alpha value is -4.21. The van der Waals surface area contributed by atoms with E-state index in [1.807, 2.05) is 0 Å². The van der Waals surface area contributed by atoms with Gasteiger partial charge < -0.3 is 16.2 Å². The second kappa shape index (κ2) is 7.78. The summed E-state index contributed by atoms with van der Waals surface area (Å²) >= 11 is 0. The third-order valence-electron chi connectivity index (χ3n) is 3.50. The van der Waals surface area contributed by atoms with E-state index in [1.54, 1.807) is 30.5 Å². The molecule has 0 radical (unpaired) electrons. The van der Waals surface area contributed by atoms with Crippen LogP contribution in [0.5, 0.6) is 0 Å². The van der Waals surface area contributed by atoms with Crippen LogP contribution in [-0.4, -0.2) is 31.9 Å². The van der Waals surface area contributed by atoms with Crippen molar-refractivity contribution in [3.63, 3.8) is 0 Å². The molecule has 0 atom stereocenters. The first-order chi connectivity index (χ1) is 13.0. The largest absolute Gasteiger partial charge is 0.478 e. The van der Waals surface area contributed by atoms with Gasteiger partial charge in [-0.2, -0.15) is 0 Å². The highest BCUT2D eigenvalue weighted by molar-refractivity contribution is 5.95. The van der Waals surface area contributed by atoms with E-state index in [4.69, 9.17) is 10.8 Å². The van der Waals surface area contributed by atoms with Gasteiger partial charge in [0.1, 0.15) is 12.0 Å². The number of hydrogen-bond acceptors (Lipinski definition) is 8. The molecule has 27 heavy (non-hydrogen) atoms. The zero-order valence-corrected chi connectivity index (χ0v) is 13.9. The number of hydrogen-bond donors (Lipinski definition) is 5. The van der Waals surface area contributed by atoms with E-state index < -0.39 is 11.9 Å². The first kappa shape index (κ1) is 17.6. The molecule has 1 amide bonds. The number of anilines is 4. The molecule has 6 N–H and O–H groups in total. The Bertz CT molecular complexity index is 962. The fraction of sp³-hybridized carbons (Fsp3) is 0. The molecular weight excluding hydrogens is 350 g/mol. The minimum atomic E-state index is -1.01. The Morgan fingerprint density at radius 3 is 2.41 bits per heavy atom.